The Balaban J connectivity index is 3.05. The first-order valence-corrected chi connectivity index (χ1v) is 6.74. The number of thiazole rings is 1. The minimum Gasteiger partial charge on any atom is -0.295 e. The van der Waals surface area contributed by atoms with Crippen LogP contribution in [0, 0.1) is 0 Å². The molecule has 0 aliphatic rings. The van der Waals surface area contributed by atoms with Gasteiger partial charge in [-0.1, -0.05) is 35.1 Å². The molecule has 0 aliphatic heterocycles. The van der Waals surface area contributed by atoms with E-state index in [0.717, 1.165) is 24.1 Å². The highest BCUT2D eigenvalue weighted by atomic mass is 32.1. The molecule has 0 aliphatic carbocycles. The Kier molecular flexibility index (Phi) is 4.09. The van der Waals surface area contributed by atoms with Crippen LogP contribution in [0.5, 0.6) is 0 Å². The Morgan fingerprint density at radius 1 is 1.64 bits per heavy atom. The van der Waals surface area contributed by atoms with E-state index in [9.17, 15) is 4.79 Å². The molecule has 0 radical (unpaired) electrons. The van der Waals surface area contributed by atoms with Crippen molar-refractivity contribution in [2.75, 3.05) is 0 Å². The molecule has 1 aromatic heterocycles. The summed E-state index contributed by atoms with van der Waals surface area (Å²) in [5, 5.41) is 0. The van der Waals surface area contributed by atoms with Crippen LogP contribution in [0.1, 0.15) is 20.8 Å². The fourth-order valence-corrected chi connectivity index (χ4v) is 2.91. The van der Waals surface area contributed by atoms with Crippen LogP contribution in [0.2, 0.25) is 0 Å². The zero-order valence-corrected chi connectivity index (χ0v) is 10.6. The van der Waals surface area contributed by atoms with E-state index in [0.29, 0.717) is 5.66 Å². The van der Waals surface area contributed by atoms with Crippen LogP contribution in [0.3, 0.4) is 0 Å². The zero-order chi connectivity index (χ0) is 10.7. The Hall–Kier alpha value is -0.400. The molecule has 0 saturated heterocycles. The largest absolute Gasteiger partial charge is 0.295 e. The highest BCUT2D eigenvalue weighted by Crippen LogP contribution is 2.18. The summed E-state index contributed by atoms with van der Waals surface area (Å²) < 4.78 is 3.47. The normalized spacial score (nSPS) is 13.6. The van der Waals surface area contributed by atoms with Gasteiger partial charge >= 0.3 is 0 Å². The smallest absolute Gasteiger partial charge is 0.268 e. The average molecular weight is 229 g/mol. The van der Waals surface area contributed by atoms with Gasteiger partial charge in [0.25, 0.3) is 5.56 Å². The van der Waals surface area contributed by atoms with Gasteiger partial charge in [-0.3, -0.25) is 9.36 Å². The summed E-state index contributed by atoms with van der Waals surface area (Å²) in [7, 11) is 0.789. The first kappa shape index (κ1) is 11.7. The van der Waals surface area contributed by atoms with E-state index >= 15 is 0 Å². The van der Waals surface area contributed by atoms with Crippen molar-refractivity contribution in [2.45, 2.75) is 32.7 Å². The Morgan fingerprint density at radius 3 is 2.71 bits per heavy atom. The SMILES string of the molecule is C=c1s/c(=C\C)c(=O)n1CPC(C)C. The molecule has 14 heavy (non-hydrogen) atoms. The summed E-state index contributed by atoms with van der Waals surface area (Å²) in [6, 6.07) is 0. The maximum atomic E-state index is 11.7. The molecule has 78 valence electrons. The predicted octanol–water partition coefficient (Wildman–Crippen LogP) is 1.16. The zero-order valence-electron chi connectivity index (χ0n) is 8.83. The topological polar surface area (TPSA) is 22.0 Å². The van der Waals surface area contributed by atoms with Crippen molar-refractivity contribution in [2.24, 2.45) is 0 Å². The summed E-state index contributed by atoms with van der Waals surface area (Å²) >= 11 is 1.48. The molecule has 1 rings (SSSR count). The van der Waals surface area contributed by atoms with Crippen molar-refractivity contribution in [3.05, 3.63) is 19.5 Å². The molecular formula is C10H16NOPS. The van der Waals surface area contributed by atoms with Gasteiger partial charge in [-0.15, -0.1) is 11.3 Å². The Labute approximate surface area is 89.8 Å². The summed E-state index contributed by atoms with van der Waals surface area (Å²) in [5.41, 5.74) is 0.769. The first-order chi connectivity index (χ1) is 6.56. The molecule has 1 aromatic rings. The monoisotopic (exact) mass is 229 g/mol. The third kappa shape index (κ3) is 2.55. The number of rotatable bonds is 3. The van der Waals surface area contributed by atoms with Crippen LogP contribution < -0.4 is 14.8 Å². The van der Waals surface area contributed by atoms with Crippen molar-refractivity contribution in [3.8, 4) is 0 Å². The summed E-state index contributed by atoms with van der Waals surface area (Å²) in [5.74, 6) is 0. The molecule has 1 unspecified atom stereocenters. The molecule has 1 atom stereocenters. The van der Waals surface area contributed by atoms with Gasteiger partial charge < -0.3 is 0 Å². The molecule has 0 bridgehead atoms. The van der Waals surface area contributed by atoms with E-state index in [1.54, 1.807) is 4.57 Å². The molecule has 0 fully saturated rings. The molecule has 4 heteroatoms. The van der Waals surface area contributed by atoms with Gasteiger partial charge in [-0.25, -0.2) is 0 Å². The van der Waals surface area contributed by atoms with E-state index in [1.165, 1.54) is 11.3 Å². The summed E-state index contributed by atoms with van der Waals surface area (Å²) in [6.07, 6.45) is 2.68. The number of nitrogens with zero attached hydrogens (tertiary/aromatic N) is 1. The second kappa shape index (κ2) is 4.90. The molecule has 0 saturated carbocycles. The van der Waals surface area contributed by atoms with Crippen molar-refractivity contribution in [1.82, 2.24) is 4.57 Å². The van der Waals surface area contributed by atoms with Gasteiger partial charge in [0.2, 0.25) is 0 Å². The summed E-state index contributed by atoms with van der Waals surface area (Å²) in [6.45, 7) is 10.1. The number of hydrogen-bond donors (Lipinski definition) is 0. The van der Waals surface area contributed by atoms with Gasteiger partial charge in [0.05, 0.1) is 9.20 Å². The second-order valence-electron chi connectivity index (χ2n) is 3.40. The van der Waals surface area contributed by atoms with Gasteiger partial charge in [-0.2, -0.15) is 0 Å². The van der Waals surface area contributed by atoms with Crippen LogP contribution in [-0.4, -0.2) is 10.2 Å². The molecule has 0 amide bonds. The minimum atomic E-state index is 0.121. The van der Waals surface area contributed by atoms with E-state index in [1.807, 2.05) is 13.0 Å². The molecule has 0 spiro atoms. The lowest BCUT2D eigenvalue weighted by molar-refractivity contribution is 0.826. The molecule has 2 nitrogen and oxygen atoms in total. The van der Waals surface area contributed by atoms with Crippen LogP contribution in [0.4, 0.5) is 0 Å². The van der Waals surface area contributed by atoms with Crippen molar-refractivity contribution in [1.29, 1.82) is 0 Å². The van der Waals surface area contributed by atoms with E-state index < -0.39 is 0 Å². The third-order valence-corrected chi connectivity index (χ3v) is 4.31. The van der Waals surface area contributed by atoms with Crippen molar-refractivity contribution < 1.29 is 0 Å². The quantitative estimate of drug-likeness (QED) is 0.713. The van der Waals surface area contributed by atoms with Gasteiger partial charge in [-0.05, 0) is 12.6 Å². The maximum Gasteiger partial charge on any atom is 0.268 e. The number of aromatic nitrogens is 1. The summed E-state index contributed by atoms with van der Waals surface area (Å²) in [4.78, 5) is 11.7. The van der Waals surface area contributed by atoms with Crippen LogP contribution >= 0.6 is 19.9 Å². The van der Waals surface area contributed by atoms with E-state index in [4.69, 9.17) is 0 Å². The first-order valence-electron chi connectivity index (χ1n) is 4.64. The lowest BCUT2D eigenvalue weighted by atomic mass is 10.6. The molecule has 0 aromatic carbocycles. The standard InChI is InChI=1S/C10H16NOPS/c1-5-9-10(12)11(8(4)14-9)6-13-7(2)3/h5,7,13H,4,6H2,1-3H3/b9-5-. The maximum absolute atomic E-state index is 11.7. The van der Waals surface area contributed by atoms with Gasteiger partial charge in [0, 0.05) is 6.29 Å². The molecule has 1 heterocycles. The van der Waals surface area contributed by atoms with Gasteiger partial charge in [0.1, 0.15) is 0 Å². The fraction of sp³-hybridized carbons (Fsp3) is 0.500. The predicted molar refractivity (Wildman–Crippen MR) is 66.9 cm³/mol. The van der Waals surface area contributed by atoms with E-state index in [2.05, 4.69) is 20.4 Å². The van der Waals surface area contributed by atoms with Crippen LogP contribution in [-0.2, 0) is 6.29 Å². The molecule has 0 N–H and O–H groups in total. The lowest BCUT2D eigenvalue weighted by Gasteiger charge is -2.04. The van der Waals surface area contributed by atoms with Crippen LogP contribution in [0.15, 0.2) is 4.79 Å². The van der Waals surface area contributed by atoms with Crippen LogP contribution in [0.25, 0.3) is 12.7 Å². The Bertz CT molecular complexity index is 457. The highest BCUT2D eigenvalue weighted by Gasteiger charge is 2.02. The lowest BCUT2D eigenvalue weighted by Crippen LogP contribution is -2.30. The minimum absolute atomic E-state index is 0.121. The molecular weight excluding hydrogens is 213 g/mol. The fourth-order valence-electron chi connectivity index (χ4n) is 1.09. The van der Waals surface area contributed by atoms with E-state index in [-0.39, 0.29) is 5.56 Å². The number of hydrogen-bond acceptors (Lipinski definition) is 2. The highest BCUT2D eigenvalue weighted by molar-refractivity contribution is 7.37. The van der Waals surface area contributed by atoms with Crippen molar-refractivity contribution >= 4 is 32.6 Å². The second-order valence-corrected chi connectivity index (χ2v) is 6.39. The van der Waals surface area contributed by atoms with Crippen molar-refractivity contribution in [3.63, 3.8) is 0 Å². The average Bonchev–Trinajstić information content (AvgIpc) is 2.39. The third-order valence-electron chi connectivity index (χ3n) is 1.90. The Morgan fingerprint density at radius 2 is 2.29 bits per heavy atom. The van der Waals surface area contributed by atoms with Gasteiger partial charge in [0.15, 0.2) is 0 Å².